The Morgan fingerprint density at radius 1 is 1.04 bits per heavy atom. The second-order valence-corrected chi connectivity index (χ2v) is 8.03. The Morgan fingerprint density at radius 3 is 2.46 bits per heavy atom. The topological polar surface area (TPSA) is 65.1 Å². The molecule has 0 saturated carbocycles. The van der Waals surface area contributed by atoms with Crippen LogP contribution in [0.2, 0.25) is 0 Å². The van der Waals surface area contributed by atoms with Crippen LogP contribution in [-0.4, -0.2) is 16.1 Å². The molecule has 0 aliphatic carbocycles. The molecule has 0 spiro atoms. The number of hydrogen-bond donors (Lipinski definition) is 3. The first-order valence-electron chi connectivity index (χ1n) is 10.2. The van der Waals surface area contributed by atoms with E-state index in [2.05, 4.69) is 40.8 Å². The molecule has 2 aromatic rings. The number of unbranched alkanes of at least 4 members (excludes halogenated alkanes) is 6. The third-order valence-electron chi connectivity index (χ3n) is 5.53. The van der Waals surface area contributed by atoms with Crippen molar-refractivity contribution in [2.45, 2.75) is 63.3 Å². The molecule has 4 nitrogen and oxygen atoms in total. The quantitative estimate of drug-likeness (QED) is 0.393. The molecule has 28 heavy (non-hydrogen) atoms. The van der Waals surface area contributed by atoms with Gasteiger partial charge in [0.2, 0.25) is 0 Å². The van der Waals surface area contributed by atoms with Gasteiger partial charge in [-0.3, -0.25) is 4.79 Å². The number of allylic oxidation sites excluding steroid dienone is 2. The molecule has 1 aliphatic rings. The van der Waals surface area contributed by atoms with Crippen LogP contribution in [-0.2, 0) is 10.3 Å². The average molecular weight is 401 g/mol. The molecule has 0 fully saturated rings. The van der Waals surface area contributed by atoms with E-state index in [4.69, 9.17) is 16.7 Å². The predicted molar refractivity (Wildman–Crippen MR) is 115 cm³/mol. The van der Waals surface area contributed by atoms with Crippen molar-refractivity contribution >= 4 is 28.5 Å². The molecule has 0 radical (unpaired) electrons. The van der Waals surface area contributed by atoms with Crippen LogP contribution in [0.3, 0.4) is 0 Å². The van der Waals surface area contributed by atoms with Gasteiger partial charge in [-0.15, -0.1) is 0 Å². The van der Waals surface area contributed by atoms with E-state index >= 15 is 0 Å². The molecule has 0 bridgehead atoms. The van der Waals surface area contributed by atoms with Gasteiger partial charge >= 0.3 is 5.97 Å². The van der Waals surface area contributed by atoms with E-state index in [0.717, 1.165) is 42.7 Å². The highest BCUT2D eigenvalue weighted by atomic mass is 35.5. The predicted octanol–water partition coefficient (Wildman–Crippen LogP) is 6.20. The molecule has 0 saturated heterocycles. The molecule has 3 N–H and O–H groups in total. The smallest absolute Gasteiger partial charge is 0.303 e. The lowest BCUT2D eigenvalue weighted by Crippen LogP contribution is -2.38. The van der Waals surface area contributed by atoms with Gasteiger partial charge in [0.05, 0.1) is 10.6 Å². The summed E-state index contributed by atoms with van der Waals surface area (Å²) in [4.78, 5) is 13.9. The van der Waals surface area contributed by atoms with E-state index < -0.39 is 5.97 Å². The molecule has 150 valence electrons. The summed E-state index contributed by atoms with van der Waals surface area (Å²) in [5.74, 6) is -0.690. The molecule has 2 heterocycles. The van der Waals surface area contributed by atoms with Crippen LogP contribution in [0.4, 0.5) is 0 Å². The van der Waals surface area contributed by atoms with Crippen molar-refractivity contribution in [3.8, 4) is 0 Å². The van der Waals surface area contributed by atoms with Gasteiger partial charge in [0.25, 0.3) is 0 Å². The van der Waals surface area contributed by atoms with Crippen molar-refractivity contribution in [2.24, 2.45) is 0 Å². The Hall–Kier alpha value is -2.20. The maximum Gasteiger partial charge on any atom is 0.303 e. The number of benzene rings is 1. The lowest BCUT2D eigenvalue weighted by molar-refractivity contribution is -0.137. The van der Waals surface area contributed by atoms with Crippen LogP contribution >= 0.6 is 11.6 Å². The van der Waals surface area contributed by atoms with E-state index in [1.165, 1.54) is 30.2 Å². The first-order valence-corrected chi connectivity index (χ1v) is 10.6. The highest BCUT2D eigenvalue weighted by molar-refractivity contribution is 6.31. The second-order valence-electron chi connectivity index (χ2n) is 7.59. The van der Waals surface area contributed by atoms with Crippen molar-refractivity contribution in [3.05, 3.63) is 59.4 Å². The van der Waals surface area contributed by atoms with E-state index in [1.807, 2.05) is 18.3 Å². The Morgan fingerprint density at radius 2 is 1.75 bits per heavy atom. The van der Waals surface area contributed by atoms with Crippen molar-refractivity contribution in [3.63, 3.8) is 0 Å². The van der Waals surface area contributed by atoms with Crippen LogP contribution in [0.25, 0.3) is 10.9 Å². The fourth-order valence-electron chi connectivity index (χ4n) is 3.98. The zero-order valence-corrected chi connectivity index (χ0v) is 17.0. The third kappa shape index (κ3) is 5.20. The van der Waals surface area contributed by atoms with Crippen molar-refractivity contribution < 1.29 is 9.90 Å². The van der Waals surface area contributed by atoms with E-state index in [-0.39, 0.29) is 5.54 Å². The lowest BCUT2D eigenvalue weighted by atomic mass is 9.83. The average Bonchev–Trinajstić information content (AvgIpc) is 3.13. The van der Waals surface area contributed by atoms with Gasteiger partial charge in [-0.05, 0) is 25.0 Å². The number of carbonyl (C=O) groups is 1. The molecule has 1 unspecified atom stereocenters. The first kappa shape index (κ1) is 20.5. The molecule has 3 rings (SSSR count). The highest BCUT2D eigenvalue weighted by Gasteiger charge is 2.31. The molecule has 1 aromatic heterocycles. The number of para-hydroxylation sites is 1. The number of dihydropyridines is 1. The molecule has 1 aliphatic heterocycles. The normalized spacial score (nSPS) is 18.8. The number of rotatable bonds is 11. The summed E-state index contributed by atoms with van der Waals surface area (Å²) < 4.78 is 0. The van der Waals surface area contributed by atoms with Gasteiger partial charge in [-0.25, -0.2) is 0 Å². The third-order valence-corrected chi connectivity index (χ3v) is 5.76. The van der Waals surface area contributed by atoms with Gasteiger partial charge in [0.1, 0.15) is 0 Å². The monoisotopic (exact) mass is 400 g/mol. The summed E-state index contributed by atoms with van der Waals surface area (Å²) >= 11 is 6.15. The molecule has 1 aromatic carbocycles. The van der Waals surface area contributed by atoms with Crippen LogP contribution in [0.15, 0.2) is 53.8 Å². The number of H-pyrrole nitrogens is 1. The van der Waals surface area contributed by atoms with E-state index in [1.54, 1.807) is 0 Å². The fourth-order valence-corrected chi connectivity index (χ4v) is 4.10. The molecule has 5 heteroatoms. The maximum atomic E-state index is 10.5. The zero-order chi connectivity index (χ0) is 19.8. The Labute approximate surface area is 171 Å². The lowest BCUT2D eigenvalue weighted by Gasteiger charge is -2.34. The second kappa shape index (κ2) is 9.83. The molecular formula is C23H29ClN2O2. The largest absolute Gasteiger partial charge is 0.481 e. The van der Waals surface area contributed by atoms with Crippen LogP contribution in [0, 0.1) is 0 Å². The van der Waals surface area contributed by atoms with E-state index in [9.17, 15) is 4.79 Å². The number of halogens is 1. The minimum absolute atomic E-state index is 0.237. The summed E-state index contributed by atoms with van der Waals surface area (Å²) in [6.45, 7) is 0. The Bertz CT molecular complexity index is 855. The van der Waals surface area contributed by atoms with E-state index in [0.29, 0.717) is 6.42 Å². The number of aromatic amines is 1. The summed E-state index contributed by atoms with van der Waals surface area (Å²) in [5.41, 5.74) is 2.17. The van der Waals surface area contributed by atoms with Crippen LogP contribution in [0.5, 0.6) is 0 Å². The van der Waals surface area contributed by atoms with Gasteiger partial charge < -0.3 is 15.4 Å². The minimum atomic E-state index is -0.690. The molecule has 0 amide bonds. The number of fused-ring (bicyclic) bond motifs is 1. The Balaban J connectivity index is 1.54. The fraction of sp³-hybridized carbons (Fsp3) is 0.435. The number of carboxylic acids is 1. The zero-order valence-electron chi connectivity index (χ0n) is 16.2. The van der Waals surface area contributed by atoms with Crippen molar-refractivity contribution in [1.82, 2.24) is 10.3 Å². The number of carboxylic acid groups (broad SMARTS) is 1. The summed E-state index contributed by atoms with van der Waals surface area (Å²) in [7, 11) is 0. The molecular weight excluding hydrogens is 372 g/mol. The highest BCUT2D eigenvalue weighted by Crippen LogP contribution is 2.37. The SMILES string of the molecule is O=C(O)CCCCCCCCCC1(c2c[nH]c3ccccc23)C=CC(Cl)=CN1. The Kier molecular flexibility index (Phi) is 7.21. The number of aromatic nitrogens is 1. The van der Waals surface area contributed by atoms with Crippen LogP contribution in [0.1, 0.15) is 63.4 Å². The minimum Gasteiger partial charge on any atom is -0.481 e. The van der Waals surface area contributed by atoms with Gasteiger partial charge in [0, 0.05) is 35.3 Å². The number of aliphatic carboxylic acids is 1. The first-order chi connectivity index (χ1) is 13.6. The number of hydrogen-bond acceptors (Lipinski definition) is 2. The standard InChI is InChI=1S/C23H29ClN2O2/c24-18-13-15-23(26-16-18,20-17-25-21-11-8-7-10-19(20)21)14-9-5-3-1-2-4-6-12-22(27)28/h7-8,10-11,13,15-17,25-26H,1-6,9,12,14H2,(H,27,28). The summed E-state index contributed by atoms with van der Waals surface area (Å²) in [6.07, 6.45) is 17.1. The van der Waals surface area contributed by atoms with Gasteiger partial charge in [-0.1, -0.05) is 74.4 Å². The summed E-state index contributed by atoms with van der Waals surface area (Å²) in [5, 5.41) is 14.2. The van der Waals surface area contributed by atoms with Crippen molar-refractivity contribution in [1.29, 1.82) is 0 Å². The van der Waals surface area contributed by atoms with Crippen LogP contribution < -0.4 is 5.32 Å². The number of nitrogens with one attached hydrogen (secondary N) is 2. The maximum absolute atomic E-state index is 10.5. The summed E-state index contributed by atoms with van der Waals surface area (Å²) in [6, 6.07) is 8.39. The van der Waals surface area contributed by atoms with Crippen molar-refractivity contribution in [2.75, 3.05) is 0 Å². The van der Waals surface area contributed by atoms with Gasteiger partial charge in [-0.2, -0.15) is 0 Å². The van der Waals surface area contributed by atoms with Gasteiger partial charge in [0.15, 0.2) is 0 Å². The molecule has 1 atom stereocenters.